The number of pyridine rings is 1. The molecule has 8 nitrogen and oxygen atoms in total. The van der Waals surface area contributed by atoms with E-state index in [2.05, 4.69) is 10.3 Å². The maximum Gasteiger partial charge on any atom is 0.269 e. The number of aromatic nitrogens is 2. The Balaban J connectivity index is 2.12. The van der Waals surface area contributed by atoms with Gasteiger partial charge >= 0.3 is 0 Å². The maximum atomic E-state index is 13.1. The minimum atomic E-state index is -0.643. The first kappa shape index (κ1) is 21.0. The quantitative estimate of drug-likeness (QED) is 0.355. The molecule has 0 unspecified atom stereocenters. The van der Waals surface area contributed by atoms with E-state index in [0.717, 1.165) is 6.08 Å². The first-order valence-electron chi connectivity index (χ1n) is 8.88. The van der Waals surface area contributed by atoms with Crippen molar-refractivity contribution >= 4 is 29.2 Å². The summed E-state index contributed by atoms with van der Waals surface area (Å²) in [6, 6.07) is 13.5. The van der Waals surface area contributed by atoms with Crippen LogP contribution < -0.4 is 15.6 Å². The van der Waals surface area contributed by atoms with E-state index >= 15 is 0 Å². The second kappa shape index (κ2) is 9.69. The van der Waals surface area contributed by atoms with E-state index in [1.54, 1.807) is 48.5 Å². The molecule has 1 N–H and O–H groups in total. The second-order valence-corrected chi connectivity index (χ2v) is 6.42. The van der Waals surface area contributed by atoms with Gasteiger partial charge in [0.05, 0.1) is 11.6 Å². The van der Waals surface area contributed by atoms with Crippen molar-refractivity contribution in [1.82, 2.24) is 14.7 Å². The number of carbonyl (C=O) groups is 1. The molecule has 9 heteroatoms. The zero-order valence-electron chi connectivity index (χ0n) is 16.0. The number of benzene rings is 1. The summed E-state index contributed by atoms with van der Waals surface area (Å²) in [7, 11) is 1.49. The van der Waals surface area contributed by atoms with E-state index in [9.17, 15) is 14.9 Å². The van der Waals surface area contributed by atoms with Crippen molar-refractivity contribution in [2.75, 3.05) is 20.3 Å². The Morgan fingerprint density at radius 1 is 1.30 bits per heavy atom. The van der Waals surface area contributed by atoms with Crippen molar-refractivity contribution in [3.8, 4) is 17.7 Å². The number of methoxy groups -OCH3 is 1. The molecule has 152 valence electrons. The van der Waals surface area contributed by atoms with Crippen molar-refractivity contribution in [2.45, 2.75) is 0 Å². The Bertz CT molecular complexity index is 1210. The number of halogens is 1. The van der Waals surface area contributed by atoms with E-state index < -0.39 is 11.5 Å². The zero-order chi connectivity index (χ0) is 21.5. The van der Waals surface area contributed by atoms with E-state index in [1.807, 2.05) is 0 Å². The highest BCUT2D eigenvalue weighted by Gasteiger charge is 2.17. The maximum absolute atomic E-state index is 13.1. The van der Waals surface area contributed by atoms with Crippen LogP contribution >= 0.6 is 11.6 Å². The van der Waals surface area contributed by atoms with Crippen LogP contribution in [0.2, 0.25) is 5.02 Å². The molecule has 1 amide bonds. The highest BCUT2D eigenvalue weighted by Crippen LogP contribution is 2.29. The Kier molecular flexibility index (Phi) is 6.80. The minimum absolute atomic E-state index is 0.0583. The van der Waals surface area contributed by atoms with Crippen LogP contribution in [0.1, 0.15) is 5.56 Å². The van der Waals surface area contributed by atoms with Crippen LogP contribution in [0.4, 0.5) is 0 Å². The van der Waals surface area contributed by atoms with Gasteiger partial charge in [-0.3, -0.25) is 14.0 Å². The standard InChI is InChI=1S/C21H17ClN4O4/c1-29-11-9-24-19(27)14(13-23)12-15-20(30-17-7-3-2-6-16(17)22)25-18-8-4-5-10-26(18)21(15)28/h2-8,10,12H,9,11H2,1H3,(H,24,27)/b14-12+. The summed E-state index contributed by atoms with van der Waals surface area (Å²) in [5.41, 5.74) is -0.494. The molecule has 0 saturated heterocycles. The third-order valence-electron chi connectivity index (χ3n) is 4.02. The number of para-hydroxylation sites is 1. The number of carbonyl (C=O) groups excluding carboxylic acids is 1. The number of hydrogen-bond donors (Lipinski definition) is 1. The van der Waals surface area contributed by atoms with Gasteiger partial charge < -0.3 is 14.8 Å². The third-order valence-corrected chi connectivity index (χ3v) is 4.34. The summed E-state index contributed by atoms with van der Waals surface area (Å²) in [5, 5.41) is 12.3. The molecular weight excluding hydrogens is 408 g/mol. The second-order valence-electron chi connectivity index (χ2n) is 6.02. The Hall–Kier alpha value is -3.67. The minimum Gasteiger partial charge on any atom is -0.437 e. The first-order chi connectivity index (χ1) is 14.5. The molecule has 0 radical (unpaired) electrons. The number of fused-ring (bicyclic) bond motifs is 1. The van der Waals surface area contributed by atoms with Crippen LogP contribution in [0.5, 0.6) is 11.6 Å². The number of hydrogen-bond acceptors (Lipinski definition) is 6. The van der Waals surface area contributed by atoms with Gasteiger partial charge in [0.1, 0.15) is 28.6 Å². The first-order valence-corrected chi connectivity index (χ1v) is 9.25. The SMILES string of the molecule is COCCNC(=O)/C(C#N)=C/c1c(Oc2ccccc2Cl)nc2ccccn2c1=O. The molecule has 2 aromatic heterocycles. The molecular formula is C21H17ClN4O4. The summed E-state index contributed by atoms with van der Waals surface area (Å²) < 4.78 is 12.0. The Labute approximate surface area is 176 Å². The van der Waals surface area contributed by atoms with Crippen molar-refractivity contribution < 1.29 is 14.3 Å². The highest BCUT2D eigenvalue weighted by molar-refractivity contribution is 6.32. The Morgan fingerprint density at radius 2 is 2.07 bits per heavy atom. The van der Waals surface area contributed by atoms with Crippen molar-refractivity contribution in [3.63, 3.8) is 0 Å². The summed E-state index contributed by atoms with van der Waals surface area (Å²) >= 11 is 6.16. The van der Waals surface area contributed by atoms with E-state index in [-0.39, 0.29) is 35.9 Å². The van der Waals surface area contributed by atoms with Gasteiger partial charge in [0.25, 0.3) is 11.5 Å². The topological polar surface area (TPSA) is 106 Å². The van der Waals surface area contributed by atoms with Crippen LogP contribution in [0.25, 0.3) is 11.7 Å². The molecule has 30 heavy (non-hydrogen) atoms. The summed E-state index contributed by atoms with van der Waals surface area (Å²) in [6.07, 6.45) is 2.69. The summed E-state index contributed by atoms with van der Waals surface area (Å²) in [5.74, 6) is -0.434. The van der Waals surface area contributed by atoms with E-state index in [0.29, 0.717) is 10.7 Å². The molecule has 0 bridgehead atoms. The molecule has 0 aliphatic carbocycles. The van der Waals surface area contributed by atoms with Crippen molar-refractivity contribution in [3.05, 3.63) is 75.2 Å². The van der Waals surface area contributed by atoms with Gasteiger partial charge in [-0.1, -0.05) is 29.8 Å². The van der Waals surface area contributed by atoms with Gasteiger partial charge in [-0.25, -0.2) is 0 Å². The third kappa shape index (κ3) is 4.66. The smallest absolute Gasteiger partial charge is 0.269 e. The summed E-state index contributed by atoms with van der Waals surface area (Å²) in [4.78, 5) is 29.7. The largest absolute Gasteiger partial charge is 0.437 e. The van der Waals surface area contributed by atoms with Gasteiger partial charge in [-0.05, 0) is 30.3 Å². The number of nitriles is 1. The number of nitrogens with zero attached hydrogens (tertiary/aromatic N) is 3. The van der Waals surface area contributed by atoms with Gasteiger partial charge in [-0.2, -0.15) is 10.2 Å². The molecule has 0 aliphatic rings. The van der Waals surface area contributed by atoms with Crippen molar-refractivity contribution in [1.29, 1.82) is 5.26 Å². The number of ether oxygens (including phenoxy) is 2. The van der Waals surface area contributed by atoms with Crippen LogP contribution in [-0.4, -0.2) is 35.6 Å². The molecule has 0 atom stereocenters. The fraction of sp³-hybridized carbons (Fsp3) is 0.143. The molecule has 0 aliphatic heterocycles. The lowest BCUT2D eigenvalue weighted by molar-refractivity contribution is -0.117. The molecule has 3 rings (SSSR count). The van der Waals surface area contributed by atoms with Gasteiger partial charge in [0, 0.05) is 19.9 Å². The zero-order valence-corrected chi connectivity index (χ0v) is 16.7. The fourth-order valence-electron chi connectivity index (χ4n) is 2.57. The molecule has 0 spiro atoms. The molecule has 3 aromatic rings. The monoisotopic (exact) mass is 424 g/mol. The lowest BCUT2D eigenvalue weighted by Crippen LogP contribution is -2.28. The average Bonchev–Trinajstić information content (AvgIpc) is 2.75. The Morgan fingerprint density at radius 3 is 2.80 bits per heavy atom. The van der Waals surface area contributed by atoms with Crippen molar-refractivity contribution in [2.24, 2.45) is 0 Å². The normalized spacial score (nSPS) is 11.2. The van der Waals surface area contributed by atoms with E-state index in [4.69, 9.17) is 21.1 Å². The average molecular weight is 425 g/mol. The number of nitrogens with one attached hydrogen (secondary N) is 1. The number of rotatable bonds is 7. The van der Waals surface area contributed by atoms with Crippen LogP contribution in [0.15, 0.2) is 59.0 Å². The van der Waals surface area contributed by atoms with Crippen LogP contribution in [-0.2, 0) is 9.53 Å². The predicted octanol–water partition coefficient (Wildman–Crippen LogP) is 2.81. The van der Waals surface area contributed by atoms with Crippen LogP contribution in [0, 0.1) is 11.3 Å². The number of amides is 1. The lowest BCUT2D eigenvalue weighted by Gasteiger charge is -2.11. The van der Waals surface area contributed by atoms with E-state index in [1.165, 1.54) is 17.7 Å². The predicted molar refractivity (Wildman–Crippen MR) is 111 cm³/mol. The summed E-state index contributed by atoms with van der Waals surface area (Å²) in [6.45, 7) is 0.498. The molecule has 0 saturated carbocycles. The lowest BCUT2D eigenvalue weighted by atomic mass is 10.1. The van der Waals surface area contributed by atoms with Gasteiger partial charge in [-0.15, -0.1) is 0 Å². The molecule has 0 fully saturated rings. The van der Waals surface area contributed by atoms with Gasteiger partial charge in [0.15, 0.2) is 0 Å². The fourth-order valence-corrected chi connectivity index (χ4v) is 2.74. The van der Waals surface area contributed by atoms with Gasteiger partial charge in [0.2, 0.25) is 5.88 Å². The highest BCUT2D eigenvalue weighted by atomic mass is 35.5. The van der Waals surface area contributed by atoms with Crippen LogP contribution in [0.3, 0.4) is 0 Å². The molecule has 2 heterocycles. The molecule has 1 aromatic carbocycles.